The molecule has 60 valence electrons. The fourth-order valence-electron chi connectivity index (χ4n) is 0.488. The van der Waals surface area contributed by atoms with E-state index >= 15 is 0 Å². The fraction of sp³-hybridized carbons (Fsp3) is 0.857. The zero-order valence-corrected chi connectivity index (χ0v) is 6.63. The first-order valence-electron chi connectivity index (χ1n) is 3.43. The van der Waals surface area contributed by atoms with Crippen LogP contribution in [-0.2, 0) is 9.53 Å². The van der Waals surface area contributed by atoms with E-state index in [-0.39, 0.29) is 5.92 Å². The number of hydrogen-bond donors (Lipinski definition) is 1. The van der Waals surface area contributed by atoms with Crippen LogP contribution in [0.2, 0.25) is 0 Å². The molecule has 0 aliphatic heterocycles. The summed E-state index contributed by atoms with van der Waals surface area (Å²) in [6, 6.07) is 0. The number of rotatable bonds is 3. The summed E-state index contributed by atoms with van der Waals surface area (Å²) in [7, 11) is 0. The summed E-state index contributed by atoms with van der Waals surface area (Å²) >= 11 is 0. The molecule has 2 unspecified atom stereocenters. The highest BCUT2D eigenvalue weighted by Gasteiger charge is 2.13. The maximum atomic E-state index is 10.3. The van der Waals surface area contributed by atoms with Crippen molar-refractivity contribution in [1.82, 2.24) is 0 Å². The maximum Gasteiger partial charge on any atom is 0.304 e. The van der Waals surface area contributed by atoms with Crippen molar-refractivity contribution in [2.24, 2.45) is 5.92 Å². The molecule has 0 aromatic rings. The van der Waals surface area contributed by atoms with Crippen LogP contribution in [0.25, 0.3) is 0 Å². The number of ether oxygens (including phenoxy) is 1. The number of hydrogen-bond acceptors (Lipinski definition) is 3. The van der Waals surface area contributed by atoms with Gasteiger partial charge in [0.25, 0.3) is 0 Å². The van der Waals surface area contributed by atoms with Crippen LogP contribution in [0.15, 0.2) is 0 Å². The normalized spacial score (nSPS) is 16.0. The van der Waals surface area contributed by atoms with E-state index in [9.17, 15) is 4.79 Å². The Morgan fingerprint density at radius 1 is 1.70 bits per heavy atom. The molecular formula is C7H14O3. The van der Waals surface area contributed by atoms with E-state index in [0.717, 1.165) is 6.42 Å². The smallest absolute Gasteiger partial charge is 0.304 e. The minimum absolute atomic E-state index is 0.0175. The molecule has 0 fully saturated rings. The highest BCUT2D eigenvalue weighted by molar-refractivity contribution is 5.66. The molecule has 0 aromatic carbocycles. The molecule has 0 saturated carbocycles. The molecule has 10 heavy (non-hydrogen) atoms. The second-order valence-electron chi connectivity index (χ2n) is 2.39. The van der Waals surface area contributed by atoms with Crippen molar-refractivity contribution in [2.45, 2.75) is 33.5 Å². The summed E-state index contributed by atoms with van der Waals surface area (Å²) in [4.78, 5) is 10.3. The van der Waals surface area contributed by atoms with Crippen molar-refractivity contribution in [1.29, 1.82) is 0 Å². The van der Waals surface area contributed by atoms with Crippen LogP contribution in [0.5, 0.6) is 0 Å². The first kappa shape index (κ1) is 9.43. The molecule has 3 heteroatoms. The first-order chi connectivity index (χ1) is 4.57. The third-order valence-electron chi connectivity index (χ3n) is 1.42. The molecule has 0 radical (unpaired) electrons. The lowest BCUT2D eigenvalue weighted by atomic mass is 10.1. The Balaban J connectivity index is 3.61. The standard InChI is InChI=1S/C7H14O3/c1-4-5(2)7(9)10-6(3)8/h5,7,9H,4H2,1-3H3. The van der Waals surface area contributed by atoms with Gasteiger partial charge in [-0.1, -0.05) is 13.8 Å². The third-order valence-corrected chi connectivity index (χ3v) is 1.42. The van der Waals surface area contributed by atoms with Crippen LogP contribution in [0.4, 0.5) is 0 Å². The quantitative estimate of drug-likeness (QED) is 0.475. The van der Waals surface area contributed by atoms with E-state index < -0.39 is 12.3 Å². The largest absolute Gasteiger partial charge is 0.436 e. The molecular weight excluding hydrogens is 132 g/mol. The highest BCUT2D eigenvalue weighted by atomic mass is 16.6. The van der Waals surface area contributed by atoms with E-state index in [4.69, 9.17) is 5.11 Å². The van der Waals surface area contributed by atoms with Crippen LogP contribution in [0, 0.1) is 5.92 Å². The molecule has 0 aromatic heterocycles. The van der Waals surface area contributed by atoms with Crippen LogP contribution in [0.1, 0.15) is 27.2 Å². The molecule has 1 N–H and O–H groups in total. The number of carbonyl (C=O) groups is 1. The summed E-state index contributed by atoms with van der Waals surface area (Å²) in [5, 5.41) is 9.05. The lowest BCUT2D eigenvalue weighted by Gasteiger charge is -2.15. The van der Waals surface area contributed by atoms with E-state index in [1.54, 1.807) is 0 Å². The summed E-state index contributed by atoms with van der Waals surface area (Å²) in [5.74, 6) is -0.420. The van der Waals surface area contributed by atoms with Crippen molar-refractivity contribution >= 4 is 5.97 Å². The Morgan fingerprint density at radius 3 is 2.50 bits per heavy atom. The number of aliphatic hydroxyl groups excluding tert-OH is 1. The van der Waals surface area contributed by atoms with Crippen LogP contribution >= 0.6 is 0 Å². The van der Waals surface area contributed by atoms with Gasteiger partial charge in [0, 0.05) is 12.8 Å². The molecule has 0 bridgehead atoms. The minimum atomic E-state index is -0.942. The Bertz CT molecular complexity index is 111. The minimum Gasteiger partial charge on any atom is -0.436 e. The predicted molar refractivity (Wildman–Crippen MR) is 37.2 cm³/mol. The van der Waals surface area contributed by atoms with Crippen molar-refractivity contribution in [2.75, 3.05) is 0 Å². The molecule has 0 heterocycles. The van der Waals surface area contributed by atoms with E-state index in [2.05, 4.69) is 4.74 Å². The van der Waals surface area contributed by atoms with E-state index in [1.165, 1.54) is 6.92 Å². The molecule has 0 spiro atoms. The Hall–Kier alpha value is -0.570. The third kappa shape index (κ3) is 3.45. The fourth-order valence-corrected chi connectivity index (χ4v) is 0.488. The van der Waals surface area contributed by atoms with Gasteiger partial charge in [-0.3, -0.25) is 4.79 Å². The Labute approximate surface area is 61.0 Å². The maximum absolute atomic E-state index is 10.3. The summed E-state index contributed by atoms with van der Waals surface area (Å²) in [6.45, 7) is 5.04. The van der Waals surface area contributed by atoms with Crippen LogP contribution < -0.4 is 0 Å². The molecule has 3 nitrogen and oxygen atoms in total. The van der Waals surface area contributed by atoms with E-state index in [0.29, 0.717) is 0 Å². The second kappa shape index (κ2) is 4.28. The van der Waals surface area contributed by atoms with Gasteiger partial charge in [-0.25, -0.2) is 0 Å². The van der Waals surface area contributed by atoms with Crippen molar-refractivity contribution < 1.29 is 14.6 Å². The number of aliphatic hydroxyl groups is 1. The van der Waals surface area contributed by atoms with Gasteiger partial charge in [-0.05, 0) is 6.42 Å². The molecule has 0 amide bonds. The Morgan fingerprint density at radius 2 is 2.20 bits per heavy atom. The van der Waals surface area contributed by atoms with E-state index in [1.807, 2.05) is 13.8 Å². The number of esters is 1. The lowest BCUT2D eigenvalue weighted by molar-refractivity contribution is -0.173. The molecule has 0 rings (SSSR count). The molecule has 0 aliphatic carbocycles. The summed E-state index contributed by atoms with van der Waals surface area (Å²) < 4.78 is 4.52. The summed E-state index contributed by atoms with van der Waals surface area (Å²) in [5.41, 5.74) is 0. The van der Waals surface area contributed by atoms with Gasteiger partial charge in [-0.15, -0.1) is 0 Å². The van der Waals surface area contributed by atoms with Gasteiger partial charge in [0.2, 0.25) is 6.29 Å². The van der Waals surface area contributed by atoms with Gasteiger partial charge in [0.05, 0.1) is 0 Å². The molecule has 0 saturated heterocycles. The van der Waals surface area contributed by atoms with Crippen molar-refractivity contribution in [3.8, 4) is 0 Å². The van der Waals surface area contributed by atoms with Gasteiger partial charge in [-0.2, -0.15) is 0 Å². The average molecular weight is 146 g/mol. The van der Waals surface area contributed by atoms with Gasteiger partial charge >= 0.3 is 5.97 Å². The molecule has 2 atom stereocenters. The van der Waals surface area contributed by atoms with Crippen molar-refractivity contribution in [3.05, 3.63) is 0 Å². The summed E-state index contributed by atoms with van der Waals surface area (Å²) in [6.07, 6.45) is -0.142. The second-order valence-corrected chi connectivity index (χ2v) is 2.39. The SMILES string of the molecule is CCC(C)C(O)OC(C)=O. The van der Waals surface area contributed by atoms with Gasteiger partial charge in [0.1, 0.15) is 0 Å². The average Bonchev–Trinajstić information content (AvgIpc) is 1.85. The topological polar surface area (TPSA) is 46.5 Å². The van der Waals surface area contributed by atoms with Crippen LogP contribution in [0.3, 0.4) is 0 Å². The predicted octanol–water partition coefficient (Wildman–Crippen LogP) is 0.914. The van der Waals surface area contributed by atoms with Gasteiger partial charge < -0.3 is 9.84 Å². The molecule has 0 aliphatic rings. The number of carbonyl (C=O) groups excluding carboxylic acids is 1. The highest BCUT2D eigenvalue weighted by Crippen LogP contribution is 2.07. The monoisotopic (exact) mass is 146 g/mol. The van der Waals surface area contributed by atoms with Gasteiger partial charge in [0.15, 0.2) is 0 Å². The zero-order chi connectivity index (χ0) is 8.15. The first-order valence-corrected chi connectivity index (χ1v) is 3.43. The lowest BCUT2D eigenvalue weighted by Crippen LogP contribution is -2.22. The Kier molecular flexibility index (Phi) is 4.03. The van der Waals surface area contributed by atoms with Crippen molar-refractivity contribution in [3.63, 3.8) is 0 Å². The van der Waals surface area contributed by atoms with Crippen LogP contribution in [-0.4, -0.2) is 17.4 Å². The zero-order valence-electron chi connectivity index (χ0n) is 6.63.